The van der Waals surface area contributed by atoms with Crippen LogP contribution in [0.5, 0.6) is 0 Å². The summed E-state index contributed by atoms with van der Waals surface area (Å²) in [7, 11) is 0. The van der Waals surface area contributed by atoms with Crippen LogP contribution in [0.1, 0.15) is 29.4 Å². The summed E-state index contributed by atoms with van der Waals surface area (Å²) in [4.78, 5) is 0. The summed E-state index contributed by atoms with van der Waals surface area (Å²) < 4.78 is 0. The van der Waals surface area contributed by atoms with Crippen LogP contribution in [0, 0.1) is 11.8 Å². The second kappa shape index (κ2) is 2.73. The molecule has 0 unspecified atom stereocenters. The molecule has 3 aliphatic carbocycles. The van der Waals surface area contributed by atoms with Gasteiger partial charge in [-0.1, -0.05) is 24.3 Å². The molecule has 4 rings (SSSR count). The van der Waals surface area contributed by atoms with Crippen molar-refractivity contribution in [1.82, 2.24) is 0 Å². The molecule has 0 spiro atoms. The van der Waals surface area contributed by atoms with Crippen molar-refractivity contribution < 1.29 is 0 Å². The van der Waals surface area contributed by atoms with Gasteiger partial charge in [0.05, 0.1) is 10.8 Å². The van der Waals surface area contributed by atoms with E-state index in [0.29, 0.717) is 11.8 Å². The van der Waals surface area contributed by atoms with Crippen LogP contribution >= 0.6 is 23.2 Å². The topological polar surface area (TPSA) is 0 Å². The maximum atomic E-state index is 6.39. The normalized spacial score (nSPS) is 49.7. The molecule has 1 aromatic carbocycles. The minimum absolute atomic E-state index is 0.200. The van der Waals surface area contributed by atoms with E-state index in [-0.39, 0.29) is 10.8 Å². The maximum Gasteiger partial charge on any atom is 0.0537 e. The van der Waals surface area contributed by atoms with E-state index in [1.807, 2.05) is 0 Å². The van der Waals surface area contributed by atoms with Crippen molar-refractivity contribution >= 4 is 23.2 Å². The minimum atomic E-state index is 0.200. The first kappa shape index (κ1) is 8.90. The molecule has 0 nitrogen and oxygen atoms in total. The van der Waals surface area contributed by atoms with Crippen molar-refractivity contribution in [3.05, 3.63) is 35.4 Å². The van der Waals surface area contributed by atoms with Crippen molar-refractivity contribution in [2.24, 2.45) is 11.8 Å². The monoisotopic (exact) mass is 238 g/mol. The van der Waals surface area contributed by atoms with E-state index in [1.165, 1.54) is 6.42 Å². The fourth-order valence-corrected chi connectivity index (χ4v) is 5.03. The molecule has 2 fully saturated rings. The van der Waals surface area contributed by atoms with Crippen molar-refractivity contribution in [1.29, 1.82) is 0 Å². The molecule has 0 radical (unpaired) electrons. The summed E-state index contributed by atoms with van der Waals surface area (Å²) >= 11 is 12.8. The van der Waals surface area contributed by atoms with Gasteiger partial charge in [-0.25, -0.2) is 0 Å². The van der Waals surface area contributed by atoms with E-state index in [1.54, 1.807) is 11.1 Å². The number of rotatable bonds is 0. The largest absolute Gasteiger partial charge is 0.121 e. The van der Waals surface area contributed by atoms with Gasteiger partial charge in [0.2, 0.25) is 0 Å². The predicted molar refractivity (Wildman–Crippen MR) is 62.8 cm³/mol. The van der Waals surface area contributed by atoms with Crippen LogP contribution in [-0.2, 0) is 0 Å². The maximum absolute atomic E-state index is 6.39. The van der Waals surface area contributed by atoms with Crippen molar-refractivity contribution in [3.63, 3.8) is 0 Å². The second-order valence-electron chi connectivity index (χ2n) is 5.13. The van der Waals surface area contributed by atoms with E-state index in [4.69, 9.17) is 23.2 Å². The molecule has 0 heterocycles. The van der Waals surface area contributed by atoms with Gasteiger partial charge in [-0.2, -0.15) is 0 Å². The van der Waals surface area contributed by atoms with Crippen LogP contribution in [0.2, 0.25) is 0 Å². The Morgan fingerprint density at radius 1 is 0.867 bits per heavy atom. The molecule has 1 aromatic rings. The molecule has 0 amide bonds. The third-order valence-corrected chi connectivity index (χ3v) is 6.01. The summed E-state index contributed by atoms with van der Waals surface area (Å²) in [5, 5.41) is 0.401. The second-order valence-corrected chi connectivity index (χ2v) is 6.14. The Kier molecular flexibility index (Phi) is 1.62. The molecule has 15 heavy (non-hydrogen) atoms. The average Bonchev–Trinajstić information content (AvgIpc) is 2.70. The molecule has 3 aliphatic rings. The molecule has 6 atom stereocenters. The molecular formula is C13H12Cl2. The molecular weight excluding hydrogens is 227 g/mol. The van der Waals surface area contributed by atoms with Gasteiger partial charge in [0, 0.05) is 0 Å². The highest BCUT2D eigenvalue weighted by atomic mass is 35.5. The standard InChI is InChI=1S/C13H12Cl2/c14-12-8-5-9(13(12)15)11-7-4-2-1-3-6(7)10(8)11/h1-4,8-13H,5H2/t8-,9+,10+,11-,12-,13-/m1/s1. The van der Waals surface area contributed by atoms with Gasteiger partial charge in [0.1, 0.15) is 0 Å². The van der Waals surface area contributed by atoms with Gasteiger partial charge in [0.15, 0.2) is 0 Å². The summed E-state index contributed by atoms with van der Waals surface area (Å²) in [5.74, 6) is 2.73. The van der Waals surface area contributed by atoms with Gasteiger partial charge in [-0.15, -0.1) is 23.2 Å². The highest BCUT2D eigenvalue weighted by molar-refractivity contribution is 6.31. The molecule has 0 aliphatic heterocycles. The Bertz CT molecular complexity index is 389. The van der Waals surface area contributed by atoms with E-state index in [0.717, 1.165) is 11.8 Å². The Hall–Kier alpha value is -0.200. The van der Waals surface area contributed by atoms with Gasteiger partial charge < -0.3 is 0 Å². The quantitative estimate of drug-likeness (QED) is 0.605. The Morgan fingerprint density at radius 3 is 1.80 bits per heavy atom. The molecule has 0 saturated heterocycles. The number of hydrogen-bond acceptors (Lipinski definition) is 0. The van der Waals surface area contributed by atoms with Gasteiger partial charge in [0.25, 0.3) is 0 Å². The number of fused-ring (bicyclic) bond motifs is 8. The first-order chi connectivity index (χ1) is 7.29. The Morgan fingerprint density at radius 2 is 1.33 bits per heavy atom. The fraction of sp³-hybridized carbons (Fsp3) is 0.538. The third kappa shape index (κ3) is 0.877. The molecule has 2 bridgehead atoms. The van der Waals surface area contributed by atoms with Gasteiger partial charge in [-0.05, 0) is 41.2 Å². The summed E-state index contributed by atoms with van der Waals surface area (Å²) in [6, 6.07) is 8.82. The van der Waals surface area contributed by atoms with Crippen LogP contribution in [0.3, 0.4) is 0 Å². The molecule has 78 valence electrons. The fourth-order valence-electron chi connectivity index (χ4n) is 4.14. The van der Waals surface area contributed by atoms with Crippen LogP contribution < -0.4 is 0 Å². The van der Waals surface area contributed by atoms with E-state index in [2.05, 4.69) is 24.3 Å². The first-order valence-corrected chi connectivity index (χ1v) is 6.53. The summed E-state index contributed by atoms with van der Waals surface area (Å²) in [6.45, 7) is 0. The van der Waals surface area contributed by atoms with Crippen molar-refractivity contribution in [3.8, 4) is 0 Å². The molecule has 2 saturated carbocycles. The molecule has 0 aromatic heterocycles. The van der Waals surface area contributed by atoms with E-state index >= 15 is 0 Å². The lowest BCUT2D eigenvalue weighted by atomic mass is 9.61. The lowest BCUT2D eigenvalue weighted by Crippen LogP contribution is -2.39. The third-order valence-electron chi connectivity index (χ3n) is 4.69. The zero-order valence-corrected chi connectivity index (χ0v) is 9.75. The lowest BCUT2D eigenvalue weighted by molar-refractivity contribution is 0.332. The zero-order valence-electron chi connectivity index (χ0n) is 8.24. The van der Waals surface area contributed by atoms with Crippen LogP contribution in [-0.4, -0.2) is 10.8 Å². The van der Waals surface area contributed by atoms with Crippen LogP contribution in [0.25, 0.3) is 0 Å². The predicted octanol–water partition coefficient (Wildman–Crippen LogP) is 3.73. The zero-order chi connectivity index (χ0) is 10.2. The smallest absolute Gasteiger partial charge is 0.0537 e. The Balaban J connectivity index is 1.84. The summed E-state index contributed by atoms with van der Waals surface area (Å²) in [6.07, 6.45) is 1.24. The van der Waals surface area contributed by atoms with E-state index < -0.39 is 0 Å². The van der Waals surface area contributed by atoms with Gasteiger partial charge in [-0.3, -0.25) is 0 Å². The minimum Gasteiger partial charge on any atom is -0.121 e. The van der Waals surface area contributed by atoms with E-state index in [9.17, 15) is 0 Å². The number of hydrogen-bond donors (Lipinski definition) is 0. The highest BCUT2D eigenvalue weighted by Gasteiger charge is 2.62. The first-order valence-electron chi connectivity index (χ1n) is 5.66. The number of alkyl halides is 2. The molecule has 0 N–H and O–H groups in total. The molecule has 2 heteroatoms. The summed E-state index contributed by atoms with van der Waals surface area (Å²) in [5.41, 5.74) is 3.09. The van der Waals surface area contributed by atoms with Gasteiger partial charge >= 0.3 is 0 Å². The SMILES string of the molecule is Cl[C@H]1[C@H](Cl)[C@@H]2C[C@H]1[C@H]1c3ccccc3[C@@H]21. The van der Waals surface area contributed by atoms with Crippen LogP contribution in [0.15, 0.2) is 24.3 Å². The highest BCUT2D eigenvalue weighted by Crippen LogP contribution is 2.69. The number of benzene rings is 1. The van der Waals surface area contributed by atoms with Crippen molar-refractivity contribution in [2.45, 2.75) is 29.0 Å². The lowest BCUT2D eigenvalue weighted by Gasteiger charge is -2.45. The number of halogens is 2. The van der Waals surface area contributed by atoms with Crippen molar-refractivity contribution in [2.75, 3.05) is 0 Å². The Labute approximate surface area is 99.6 Å². The van der Waals surface area contributed by atoms with Crippen LogP contribution in [0.4, 0.5) is 0 Å². The average molecular weight is 239 g/mol.